The van der Waals surface area contributed by atoms with Crippen molar-refractivity contribution >= 4 is 40.0 Å². The van der Waals surface area contributed by atoms with E-state index in [0.29, 0.717) is 0 Å². The molecule has 1 heteroatoms. The summed E-state index contributed by atoms with van der Waals surface area (Å²) in [7, 11) is 0. The molecular weight excluding hydrogens is 530 g/mol. The van der Waals surface area contributed by atoms with Gasteiger partial charge in [0.05, 0.1) is 11.0 Å². The van der Waals surface area contributed by atoms with Crippen LogP contribution >= 0.6 is 0 Å². The number of benzene rings is 6. The number of rotatable bonds is 5. The summed E-state index contributed by atoms with van der Waals surface area (Å²) in [6, 6.07) is 48.7. The predicted octanol–water partition coefficient (Wildman–Crippen LogP) is 11.6. The maximum Gasteiger partial charge on any atom is 0.0541 e. The summed E-state index contributed by atoms with van der Waals surface area (Å²) in [5.41, 5.74) is 15.1. The van der Waals surface area contributed by atoms with Crippen molar-refractivity contribution < 1.29 is 0 Å². The third kappa shape index (κ3) is 4.16. The zero-order chi connectivity index (χ0) is 29.8. The topological polar surface area (TPSA) is 4.93 Å². The number of nitrogens with zero attached hydrogens (tertiary/aromatic N) is 1. The van der Waals surface area contributed by atoms with E-state index < -0.39 is 0 Å². The van der Waals surface area contributed by atoms with Gasteiger partial charge in [0, 0.05) is 21.9 Å². The molecule has 210 valence electrons. The highest BCUT2D eigenvalue weighted by Crippen LogP contribution is 2.48. The highest BCUT2D eigenvalue weighted by Gasteiger charge is 2.34. The summed E-state index contributed by atoms with van der Waals surface area (Å²) < 4.78 is 2.36. The van der Waals surface area contributed by atoms with Crippen molar-refractivity contribution in [2.24, 2.45) is 0 Å². The number of hydrogen-bond donors (Lipinski definition) is 0. The van der Waals surface area contributed by atoms with Gasteiger partial charge in [-0.1, -0.05) is 142 Å². The monoisotopic (exact) mass is 563 g/mol. The summed E-state index contributed by atoms with van der Waals surface area (Å²) in [6.07, 6.45) is 6.34. The first-order chi connectivity index (χ1) is 21.5. The van der Waals surface area contributed by atoms with Crippen LogP contribution in [0.3, 0.4) is 0 Å². The average Bonchev–Trinajstić information content (AvgIpc) is 3.52. The van der Waals surface area contributed by atoms with Crippen LogP contribution in [-0.2, 0) is 5.41 Å². The second-order valence-electron chi connectivity index (χ2n) is 12.3. The maximum atomic E-state index is 3.90. The molecule has 0 bridgehead atoms. The Hall–Kier alpha value is -5.40. The van der Waals surface area contributed by atoms with E-state index in [1.54, 1.807) is 0 Å². The zero-order valence-electron chi connectivity index (χ0n) is 25.1. The molecule has 8 rings (SSSR count). The standard InChI is InChI=1S/C43H33N/c1-4-29-17-23-34(24-18-29)44-41-12-8-6-10-37(41)38-28-33(22-26-42(38)44)32-20-15-30(16-21-32)13-14-31-19-25-36-35-9-5-7-11-39(35)43(2,3)40(36)27-31/h4-28H,1H2,2-3H3/b14-13+. The van der Waals surface area contributed by atoms with Crippen LogP contribution in [0.15, 0.2) is 140 Å². The van der Waals surface area contributed by atoms with Gasteiger partial charge in [-0.2, -0.15) is 0 Å². The minimum Gasteiger partial charge on any atom is -0.309 e. The van der Waals surface area contributed by atoms with Gasteiger partial charge in [-0.25, -0.2) is 0 Å². The minimum atomic E-state index is 0.0148. The number of aromatic nitrogens is 1. The quantitative estimate of drug-likeness (QED) is 0.184. The molecule has 0 atom stereocenters. The van der Waals surface area contributed by atoms with Crippen LogP contribution < -0.4 is 0 Å². The SMILES string of the molecule is C=Cc1ccc(-n2c3ccccc3c3cc(-c4ccc(/C=C/c5ccc6c(c5)C(C)(C)c5ccccc5-6)cc4)ccc32)cc1. The first-order valence-corrected chi connectivity index (χ1v) is 15.3. The Morgan fingerprint density at radius 2 is 1.16 bits per heavy atom. The Morgan fingerprint density at radius 1 is 0.523 bits per heavy atom. The fourth-order valence-corrected chi connectivity index (χ4v) is 6.99. The first-order valence-electron chi connectivity index (χ1n) is 15.3. The predicted molar refractivity (Wildman–Crippen MR) is 189 cm³/mol. The molecular formula is C43H33N. The van der Waals surface area contributed by atoms with Crippen molar-refractivity contribution in [3.63, 3.8) is 0 Å². The molecule has 0 saturated heterocycles. The molecule has 0 unspecified atom stereocenters. The highest BCUT2D eigenvalue weighted by atomic mass is 15.0. The molecule has 0 fully saturated rings. The third-order valence-corrected chi connectivity index (χ3v) is 9.38. The molecule has 0 saturated carbocycles. The van der Waals surface area contributed by atoms with Crippen molar-refractivity contribution in [3.8, 4) is 27.9 Å². The van der Waals surface area contributed by atoms with Crippen LogP contribution in [0.1, 0.15) is 41.7 Å². The van der Waals surface area contributed by atoms with E-state index in [0.717, 1.165) is 11.3 Å². The van der Waals surface area contributed by atoms with Crippen molar-refractivity contribution in [3.05, 3.63) is 168 Å². The lowest BCUT2D eigenvalue weighted by Crippen LogP contribution is -2.14. The fraction of sp³-hybridized carbons (Fsp3) is 0.0698. The number of fused-ring (bicyclic) bond motifs is 6. The fourth-order valence-electron chi connectivity index (χ4n) is 6.99. The van der Waals surface area contributed by atoms with Crippen LogP contribution in [0.4, 0.5) is 0 Å². The number of hydrogen-bond acceptors (Lipinski definition) is 0. The molecule has 1 aliphatic rings. The Kier molecular flexibility index (Phi) is 6.03. The summed E-state index contributed by atoms with van der Waals surface area (Å²) in [5.74, 6) is 0. The van der Waals surface area contributed by atoms with E-state index in [1.165, 1.54) is 66.3 Å². The minimum absolute atomic E-state index is 0.0148. The molecule has 44 heavy (non-hydrogen) atoms. The molecule has 0 spiro atoms. The number of para-hydroxylation sites is 1. The van der Waals surface area contributed by atoms with Crippen LogP contribution in [0.5, 0.6) is 0 Å². The van der Waals surface area contributed by atoms with Gasteiger partial charge in [0.15, 0.2) is 0 Å². The molecule has 1 heterocycles. The lowest BCUT2D eigenvalue weighted by Gasteiger charge is -2.21. The van der Waals surface area contributed by atoms with Gasteiger partial charge in [0.2, 0.25) is 0 Å². The van der Waals surface area contributed by atoms with E-state index in [4.69, 9.17) is 0 Å². The second kappa shape index (κ2) is 10.1. The molecule has 7 aromatic rings. The van der Waals surface area contributed by atoms with E-state index in [1.807, 2.05) is 6.08 Å². The summed E-state index contributed by atoms with van der Waals surface area (Å²) in [4.78, 5) is 0. The first kappa shape index (κ1) is 26.2. The maximum absolute atomic E-state index is 3.90. The van der Waals surface area contributed by atoms with Gasteiger partial charge >= 0.3 is 0 Å². The highest BCUT2D eigenvalue weighted by molar-refractivity contribution is 6.10. The summed E-state index contributed by atoms with van der Waals surface area (Å²) in [6.45, 7) is 8.57. The summed E-state index contributed by atoms with van der Waals surface area (Å²) in [5, 5.41) is 2.52. The molecule has 0 aliphatic heterocycles. The van der Waals surface area contributed by atoms with Gasteiger partial charge in [-0.3, -0.25) is 0 Å². The third-order valence-electron chi connectivity index (χ3n) is 9.38. The van der Waals surface area contributed by atoms with Gasteiger partial charge < -0.3 is 4.57 Å². The lowest BCUT2D eigenvalue weighted by molar-refractivity contribution is 0.660. The molecule has 6 aromatic carbocycles. The van der Waals surface area contributed by atoms with E-state index in [9.17, 15) is 0 Å². The lowest BCUT2D eigenvalue weighted by atomic mass is 9.82. The van der Waals surface area contributed by atoms with Crippen molar-refractivity contribution in [1.82, 2.24) is 4.57 Å². The Bertz CT molecular complexity index is 2240. The normalized spacial score (nSPS) is 13.4. The molecule has 1 aromatic heterocycles. The Labute approximate surface area is 259 Å². The van der Waals surface area contributed by atoms with Crippen LogP contribution in [0.2, 0.25) is 0 Å². The van der Waals surface area contributed by atoms with Gasteiger partial charge in [0.1, 0.15) is 0 Å². The smallest absolute Gasteiger partial charge is 0.0541 e. The van der Waals surface area contributed by atoms with Crippen molar-refractivity contribution in [2.45, 2.75) is 19.3 Å². The largest absolute Gasteiger partial charge is 0.309 e. The van der Waals surface area contributed by atoms with E-state index in [2.05, 4.69) is 171 Å². The molecule has 0 amide bonds. The average molecular weight is 564 g/mol. The Morgan fingerprint density at radius 3 is 1.98 bits per heavy atom. The van der Waals surface area contributed by atoms with Crippen LogP contribution in [0, 0.1) is 0 Å². The Balaban J connectivity index is 1.10. The van der Waals surface area contributed by atoms with Gasteiger partial charge in [0.25, 0.3) is 0 Å². The second-order valence-corrected chi connectivity index (χ2v) is 12.3. The molecule has 1 nitrogen and oxygen atoms in total. The van der Waals surface area contributed by atoms with Crippen LogP contribution in [0.25, 0.3) is 68.0 Å². The molecule has 0 N–H and O–H groups in total. The van der Waals surface area contributed by atoms with Gasteiger partial charge in [-0.15, -0.1) is 0 Å². The molecule has 1 aliphatic carbocycles. The summed E-state index contributed by atoms with van der Waals surface area (Å²) >= 11 is 0. The van der Waals surface area contributed by atoms with Crippen molar-refractivity contribution in [2.75, 3.05) is 0 Å². The van der Waals surface area contributed by atoms with E-state index in [-0.39, 0.29) is 5.41 Å². The zero-order valence-corrected chi connectivity index (χ0v) is 25.1. The van der Waals surface area contributed by atoms with Crippen LogP contribution in [-0.4, -0.2) is 4.57 Å². The van der Waals surface area contributed by atoms with Gasteiger partial charge in [-0.05, 0) is 80.4 Å². The van der Waals surface area contributed by atoms with E-state index >= 15 is 0 Å². The van der Waals surface area contributed by atoms with Crippen molar-refractivity contribution in [1.29, 1.82) is 0 Å². The molecule has 0 radical (unpaired) electrons.